The van der Waals surface area contributed by atoms with Crippen LogP contribution >= 0.6 is 0 Å². The zero-order chi connectivity index (χ0) is 12.9. The first-order valence-electron chi connectivity index (χ1n) is 5.01. The minimum absolute atomic E-state index is 0.147. The topological polar surface area (TPSA) is 29.1 Å². The second-order valence-electron chi connectivity index (χ2n) is 3.45. The molecule has 0 unspecified atom stereocenters. The molecule has 0 aliphatic carbocycles. The molecule has 0 heterocycles. The van der Waals surface area contributed by atoms with Crippen LogP contribution < -0.4 is 5.32 Å². The third-order valence-corrected chi connectivity index (χ3v) is 2.05. The summed E-state index contributed by atoms with van der Waals surface area (Å²) in [5.41, 5.74) is -0.632. The summed E-state index contributed by atoms with van der Waals surface area (Å²) in [7, 11) is 0. The number of allylic oxidation sites excluding steroid dienone is 1. The van der Waals surface area contributed by atoms with Crippen LogP contribution in [0.25, 0.3) is 0 Å². The Morgan fingerprint density at radius 3 is 2.71 bits per heavy atom. The normalized spacial score (nSPS) is 11.0. The molecule has 1 N–H and O–H groups in total. The number of rotatable bonds is 4. The first kappa shape index (κ1) is 13.3. The van der Waals surface area contributed by atoms with Crippen molar-refractivity contribution in [2.24, 2.45) is 0 Å². The molecule has 5 heteroatoms. The van der Waals surface area contributed by atoms with E-state index in [2.05, 4.69) is 11.9 Å². The summed E-state index contributed by atoms with van der Waals surface area (Å²) in [5.74, 6) is -0.329. The molecule has 0 saturated heterocycles. The summed E-state index contributed by atoms with van der Waals surface area (Å²) >= 11 is 0. The smallest absolute Gasteiger partial charge is 0.326 e. The van der Waals surface area contributed by atoms with Crippen LogP contribution in [0.1, 0.15) is 18.4 Å². The van der Waals surface area contributed by atoms with Crippen molar-refractivity contribution < 1.29 is 18.0 Å². The van der Waals surface area contributed by atoms with E-state index in [9.17, 15) is 18.0 Å². The molecule has 0 spiro atoms. The van der Waals surface area contributed by atoms with Gasteiger partial charge in [-0.05, 0) is 24.6 Å². The van der Waals surface area contributed by atoms with Crippen LogP contribution in [0.2, 0.25) is 0 Å². The van der Waals surface area contributed by atoms with Gasteiger partial charge in [0.15, 0.2) is 0 Å². The number of halogens is 3. The second-order valence-corrected chi connectivity index (χ2v) is 3.45. The van der Waals surface area contributed by atoms with Gasteiger partial charge in [-0.25, -0.2) is 0 Å². The summed E-state index contributed by atoms with van der Waals surface area (Å²) < 4.78 is 37.1. The van der Waals surface area contributed by atoms with E-state index in [0.717, 1.165) is 12.1 Å². The van der Waals surface area contributed by atoms with Gasteiger partial charge in [0.1, 0.15) is 0 Å². The molecular formula is C12H12F3NO. The van der Waals surface area contributed by atoms with Crippen molar-refractivity contribution in [3.8, 4) is 0 Å². The molecule has 0 fully saturated rings. The van der Waals surface area contributed by atoms with E-state index in [1.807, 2.05) is 0 Å². The maximum atomic E-state index is 12.4. The number of hydrogen-bond donors (Lipinski definition) is 1. The third kappa shape index (κ3) is 4.30. The lowest BCUT2D eigenvalue weighted by atomic mass is 10.2. The van der Waals surface area contributed by atoms with Gasteiger partial charge in [-0.15, -0.1) is 6.58 Å². The second kappa shape index (κ2) is 5.52. The Kier molecular flexibility index (Phi) is 4.31. The Bertz CT molecular complexity index is 412. The Morgan fingerprint density at radius 1 is 1.41 bits per heavy atom. The number of carbonyl (C=O) groups excluding carboxylic acids is 1. The maximum Gasteiger partial charge on any atom is 0.416 e. The van der Waals surface area contributed by atoms with Crippen LogP contribution in [0.4, 0.5) is 18.9 Å². The van der Waals surface area contributed by atoms with Gasteiger partial charge < -0.3 is 5.32 Å². The van der Waals surface area contributed by atoms with Gasteiger partial charge in [-0.3, -0.25) is 4.79 Å². The van der Waals surface area contributed by atoms with Crippen LogP contribution in [0, 0.1) is 0 Å². The molecule has 2 nitrogen and oxygen atoms in total. The number of hydrogen-bond acceptors (Lipinski definition) is 1. The van der Waals surface area contributed by atoms with Crippen LogP contribution in [-0.2, 0) is 11.0 Å². The van der Waals surface area contributed by atoms with Gasteiger partial charge in [0, 0.05) is 12.1 Å². The van der Waals surface area contributed by atoms with Gasteiger partial charge in [-0.2, -0.15) is 13.2 Å². The average Bonchev–Trinajstić information content (AvgIpc) is 2.25. The van der Waals surface area contributed by atoms with E-state index in [0.29, 0.717) is 6.42 Å². The highest BCUT2D eigenvalue weighted by Crippen LogP contribution is 2.30. The number of anilines is 1. The summed E-state index contributed by atoms with van der Waals surface area (Å²) in [6.07, 6.45) is -2.13. The standard InChI is InChI=1S/C12H12F3NO/c1-2-3-7-11(17)16-10-6-4-5-9(8-10)12(13,14)15/h2,4-6,8H,1,3,7H2,(H,16,17). The lowest BCUT2D eigenvalue weighted by Gasteiger charge is -2.09. The van der Waals surface area contributed by atoms with Gasteiger partial charge in [-0.1, -0.05) is 12.1 Å². The van der Waals surface area contributed by atoms with Crippen molar-refractivity contribution in [1.82, 2.24) is 0 Å². The largest absolute Gasteiger partial charge is 0.416 e. The lowest BCUT2D eigenvalue weighted by Crippen LogP contribution is -2.12. The molecule has 0 aliphatic rings. The summed E-state index contributed by atoms with van der Waals surface area (Å²) in [5, 5.41) is 2.40. The fourth-order valence-electron chi connectivity index (χ4n) is 1.23. The van der Waals surface area contributed by atoms with Crippen LogP contribution in [0.15, 0.2) is 36.9 Å². The van der Waals surface area contributed by atoms with Crippen molar-refractivity contribution in [2.75, 3.05) is 5.32 Å². The summed E-state index contributed by atoms with van der Waals surface area (Å²) in [4.78, 5) is 11.3. The van der Waals surface area contributed by atoms with E-state index in [-0.39, 0.29) is 18.0 Å². The Hall–Kier alpha value is -1.78. The first-order chi connectivity index (χ1) is 7.93. The number of alkyl halides is 3. The molecule has 0 saturated carbocycles. The summed E-state index contributed by atoms with van der Waals surface area (Å²) in [6.45, 7) is 3.46. The van der Waals surface area contributed by atoms with E-state index in [1.165, 1.54) is 12.1 Å². The Morgan fingerprint density at radius 2 is 2.12 bits per heavy atom. The predicted octanol–water partition coefficient (Wildman–Crippen LogP) is 3.61. The van der Waals surface area contributed by atoms with Crippen molar-refractivity contribution >= 4 is 11.6 Å². The molecule has 1 aromatic rings. The third-order valence-electron chi connectivity index (χ3n) is 2.05. The highest BCUT2D eigenvalue weighted by Gasteiger charge is 2.30. The molecule has 0 aliphatic heterocycles. The molecule has 92 valence electrons. The number of carbonyl (C=O) groups is 1. The molecule has 1 aromatic carbocycles. The van der Waals surface area contributed by atoms with Crippen LogP contribution in [-0.4, -0.2) is 5.91 Å². The average molecular weight is 243 g/mol. The molecule has 17 heavy (non-hydrogen) atoms. The van der Waals surface area contributed by atoms with E-state index < -0.39 is 11.7 Å². The van der Waals surface area contributed by atoms with Gasteiger partial charge in [0.25, 0.3) is 0 Å². The van der Waals surface area contributed by atoms with Gasteiger partial charge in [0.2, 0.25) is 5.91 Å². The van der Waals surface area contributed by atoms with Crippen LogP contribution in [0.5, 0.6) is 0 Å². The first-order valence-corrected chi connectivity index (χ1v) is 5.01. The van der Waals surface area contributed by atoms with Crippen molar-refractivity contribution in [2.45, 2.75) is 19.0 Å². The van der Waals surface area contributed by atoms with Crippen molar-refractivity contribution in [1.29, 1.82) is 0 Å². The van der Waals surface area contributed by atoms with Crippen LogP contribution in [0.3, 0.4) is 0 Å². The SMILES string of the molecule is C=CCCC(=O)Nc1cccc(C(F)(F)F)c1. The zero-order valence-electron chi connectivity index (χ0n) is 9.05. The minimum Gasteiger partial charge on any atom is -0.326 e. The highest BCUT2D eigenvalue weighted by molar-refractivity contribution is 5.90. The fraction of sp³-hybridized carbons (Fsp3) is 0.250. The number of nitrogens with one attached hydrogen (secondary N) is 1. The van der Waals surface area contributed by atoms with Crippen molar-refractivity contribution in [3.63, 3.8) is 0 Å². The summed E-state index contributed by atoms with van der Waals surface area (Å²) in [6, 6.07) is 4.54. The molecule has 0 aromatic heterocycles. The van der Waals surface area contributed by atoms with Gasteiger partial charge in [0.05, 0.1) is 5.56 Å². The molecule has 1 rings (SSSR count). The fourth-order valence-corrected chi connectivity index (χ4v) is 1.23. The van der Waals surface area contributed by atoms with E-state index in [4.69, 9.17) is 0 Å². The number of amides is 1. The zero-order valence-corrected chi connectivity index (χ0v) is 9.05. The highest BCUT2D eigenvalue weighted by atomic mass is 19.4. The van der Waals surface area contributed by atoms with E-state index in [1.54, 1.807) is 6.08 Å². The lowest BCUT2D eigenvalue weighted by molar-refractivity contribution is -0.137. The molecule has 0 atom stereocenters. The predicted molar refractivity (Wildman–Crippen MR) is 59.5 cm³/mol. The minimum atomic E-state index is -4.40. The Balaban J connectivity index is 2.72. The number of benzene rings is 1. The monoisotopic (exact) mass is 243 g/mol. The molecule has 0 radical (unpaired) electrons. The van der Waals surface area contributed by atoms with Gasteiger partial charge >= 0.3 is 6.18 Å². The quantitative estimate of drug-likeness (QED) is 0.804. The Labute approximate surface area is 97.1 Å². The van der Waals surface area contributed by atoms with E-state index >= 15 is 0 Å². The molecule has 0 bridgehead atoms. The molecule has 1 amide bonds. The van der Waals surface area contributed by atoms with Crippen molar-refractivity contribution in [3.05, 3.63) is 42.5 Å². The molecular weight excluding hydrogens is 231 g/mol. The maximum absolute atomic E-state index is 12.4.